The molecular weight excluding hydrogens is 206 g/mol. The first-order valence-corrected chi connectivity index (χ1v) is 6.67. The minimum Gasteiger partial charge on any atom is -0.354 e. The van der Waals surface area contributed by atoms with Crippen molar-refractivity contribution in [3.8, 4) is 0 Å². The Morgan fingerprint density at radius 2 is 1.87 bits per heavy atom. The lowest BCUT2D eigenvalue weighted by Crippen LogP contribution is -2.07. The summed E-state index contributed by atoms with van der Waals surface area (Å²) in [7, 11) is 0. The van der Waals surface area contributed by atoms with Crippen LogP contribution in [0, 0.1) is 13.8 Å². The summed E-state index contributed by atoms with van der Waals surface area (Å²) < 4.78 is 0. The Labute approximate surface area is 96.1 Å². The summed E-state index contributed by atoms with van der Waals surface area (Å²) in [5, 5.41) is 3.25. The van der Waals surface area contributed by atoms with Crippen LogP contribution in [0.15, 0.2) is 6.07 Å². The third-order valence-corrected chi connectivity index (χ3v) is 2.74. The van der Waals surface area contributed by atoms with E-state index in [4.69, 9.17) is 0 Å². The van der Waals surface area contributed by atoms with Gasteiger partial charge in [-0.1, -0.05) is 0 Å². The molecule has 0 aromatic carbocycles. The summed E-state index contributed by atoms with van der Waals surface area (Å²) in [6.45, 7) is 4.95. The zero-order valence-electron chi connectivity index (χ0n) is 9.71. The van der Waals surface area contributed by atoms with Crippen molar-refractivity contribution < 1.29 is 0 Å². The van der Waals surface area contributed by atoms with E-state index in [0.717, 1.165) is 23.9 Å². The van der Waals surface area contributed by atoms with Crippen molar-refractivity contribution in [1.82, 2.24) is 9.97 Å². The largest absolute Gasteiger partial charge is 0.354 e. The minimum absolute atomic E-state index is 0.761. The Balaban J connectivity index is 2.31. The lowest BCUT2D eigenvalue weighted by atomic mass is 10.3. The van der Waals surface area contributed by atoms with Gasteiger partial charge in [0.15, 0.2) is 0 Å². The molecule has 1 N–H and O–H groups in total. The van der Waals surface area contributed by atoms with Gasteiger partial charge in [0.25, 0.3) is 0 Å². The van der Waals surface area contributed by atoms with Crippen molar-refractivity contribution in [2.75, 3.05) is 23.9 Å². The van der Waals surface area contributed by atoms with Crippen molar-refractivity contribution in [3.05, 3.63) is 17.5 Å². The second-order valence-electron chi connectivity index (χ2n) is 3.60. The molecule has 1 rings (SSSR count). The number of hydrogen-bond donors (Lipinski definition) is 1. The molecule has 15 heavy (non-hydrogen) atoms. The Morgan fingerprint density at radius 1 is 1.20 bits per heavy atom. The quantitative estimate of drug-likeness (QED) is 0.755. The first-order chi connectivity index (χ1) is 7.22. The molecule has 3 nitrogen and oxygen atoms in total. The van der Waals surface area contributed by atoms with Crippen LogP contribution in [0.1, 0.15) is 24.2 Å². The normalized spacial score (nSPS) is 10.3. The van der Waals surface area contributed by atoms with Crippen LogP contribution in [-0.2, 0) is 0 Å². The van der Waals surface area contributed by atoms with E-state index < -0.39 is 0 Å². The molecule has 0 bridgehead atoms. The van der Waals surface area contributed by atoms with E-state index in [2.05, 4.69) is 21.5 Å². The molecule has 1 heterocycles. The summed E-state index contributed by atoms with van der Waals surface area (Å²) in [5.41, 5.74) is 2.04. The summed E-state index contributed by atoms with van der Waals surface area (Å²) in [6, 6.07) is 1.99. The molecule has 0 saturated carbocycles. The van der Waals surface area contributed by atoms with E-state index in [-0.39, 0.29) is 0 Å². The number of thioether (sulfide) groups is 1. The van der Waals surface area contributed by atoms with E-state index >= 15 is 0 Å². The second-order valence-corrected chi connectivity index (χ2v) is 4.59. The summed E-state index contributed by atoms with van der Waals surface area (Å²) in [5.74, 6) is 1.99. The van der Waals surface area contributed by atoms with Crippen LogP contribution >= 0.6 is 11.8 Å². The van der Waals surface area contributed by atoms with Crippen molar-refractivity contribution in [1.29, 1.82) is 0 Å². The fraction of sp³-hybridized carbons (Fsp3) is 0.636. The van der Waals surface area contributed by atoms with Crippen LogP contribution in [0.2, 0.25) is 0 Å². The molecule has 4 heteroatoms. The van der Waals surface area contributed by atoms with Crippen LogP contribution in [0.25, 0.3) is 0 Å². The number of rotatable bonds is 6. The number of nitrogens with one attached hydrogen (secondary N) is 1. The summed E-state index contributed by atoms with van der Waals surface area (Å²) in [6.07, 6.45) is 4.57. The van der Waals surface area contributed by atoms with E-state index in [1.807, 2.05) is 31.7 Å². The molecule has 0 spiro atoms. The molecule has 0 aliphatic carbocycles. The van der Waals surface area contributed by atoms with Crippen LogP contribution in [0.5, 0.6) is 0 Å². The van der Waals surface area contributed by atoms with Crippen molar-refractivity contribution in [3.63, 3.8) is 0 Å². The topological polar surface area (TPSA) is 37.8 Å². The number of hydrogen-bond acceptors (Lipinski definition) is 4. The van der Waals surface area contributed by atoms with Gasteiger partial charge >= 0.3 is 0 Å². The average Bonchev–Trinajstić information content (AvgIpc) is 2.16. The van der Waals surface area contributed by atoms with Gasteiger partial charge in [-0.3, -0.25) is 0 Å². The zero-order chi connectivity index (χ0) is 11.1. The SMILES string of the molecule is CSCCCCNc1nc(C)cc(C)n1. The molecule has 0 saturated heterocycles. The molecule has 84 valence electrons. The maximum atomic E-state index is 4.32. The lowest BCUT2D eigenvalue weighted by molar-refractivity contribution is 0.832. The first kappa shape index (κ1) is 12.3. The highest BCUT2D eigenvalue weighted by Gasteiger charge is 1.97. The predicted molar refractivity (Wildman–Crippen MR) is 67.6 cm³/mol. The molecule has 0 aliphatic heterocycles. The molecule has 1 aromatic rings. The number of aromatic nitrogens is 2. The minimum atomic E-state index is 0.761. The number of unbranched alkanes of at least 4 members (excludes halogenated alkanes) is 1. The van der Waals surface area contributed by atoms with Gasteiger partial charge in [0, 0.05) is 17.9 Å². The van der Waals surface area contributed by atoms with E-state index in [0.29, 0.717) is 0 Å². The molecular formula is C11H19N3S. The third-order valence-electron chi connectivity index (χ3n) is 2.04. The zero-order valence-corrected chi connectivity index (χ0v) is 10.5. The fourth-order valence-corrected chi connectivity index (χ4v) is 1.87. The fourth-order valence-electron chi connectivity index (χ4n) is 1.38. The van der Waals surface area contributed by atoms with Gasteiger partial charge < -0.3 is 5.32 Å². The first-order valence-electron chi connectivity index (χ1n) is 5.27. The van der Waals surface area contributed by atoms with Crippen LogP contribution in [-0.4, -0.2) is 28.5 Å². The highest BCUT2D eigenvalue weighted by molar-refractivity contribution is 7.98. The van der Waals surface area contributed by atoms with Gasteiger partial charge in [-0.2, -0.15) is 11.8 Å². The number of anilines is 1. The van der Waals surface area contributed by atoms with Crippen LogP contribution in [0.3, 0.4) is 0 Å². The lowest BCUT2D eigenvalue weighted by Gasteiger charge is -2.05. The standard InChI is InChI=1S/C11H19N3S/c1-9-8-10(2)14-11(13-9)12-6-4-5-7-15-3/h8H,4-7H2,1-3H3,(H,12,13,14). The maximum Gasteiger partial charge on any atom is 0.223 e. The molecule has 0 amide bonds. The maximum absolute atomic E-state index is 4.32. The van der Waals surface area contributed by atoms with Gasteiger partial charge in [0.1, 0.15) is 0 Å². The molecule has 0 fully saturated rings. The Kier molecular flexibility index (Phi) is 5.47. The molecule has 0 radical (unpaired) electrons. The van der Waals surface area contributed by atoms with Crippen LogP contribution < -0.4 is 5.32 Å². The van der Waals surface area contributed by atoms with Crippen molar-refractivity contribution in [2.24, 2.45) is 0 Å². The van der Waals surface area contributed by atoms with Crippen molar-refractivity contribution >= 4 is 17.7 Å². The monoisotopic (exact) mass is 225 g/mol. The van der Waals surface area contributed by atoms with Gasteiger partial charge in [-0.05, 0) is 44.8 Å². The Hall–Kier alpha value is -0.770. The van der Waals surface area contributed by atoms with Crippen LogP contribution in [0.4, 0.5) is 5.95 Å². The van der Waals surface area contributed by atoms with Gasteiger partial charge in [0.05, 0.1) is 0 Å². The molecule has 1 aromatic heterocycles. The van der Waals surface area contributed by atoms with E-state index in [1.165, 1.54) is 18.6 Å². The second kappa shape index (κ2) is 6.67. The molecule has 0 atom stereocenters. The van der Waals surface area contributed by atoms with Crippen molar-refractivity contribution in [2.45, 2.75) is 26.7 Å². The van der Waals surface area contributed by atoms with Gasteiger partial charge in [-0.25, -0.2) is 9.97 Å². The molecule has 0 unspecified atom stereocenters. The highest BCUT2D eigenvalue weighted by Crippen LogP contribution is 2.04. The Morgan fingerprint density at radius 3 is 2.47 bits per heavy atom. The predicted octanol–water partition coefficient (Wildman–Crippen LogP) is 2.65. The third kappa shape index (κ3) is 5.02. The van der Waals surface area contributed by atoms with E-state index in [1.54, 1.807) is 0 Å². The van der Waals surface area contributed by atoms with E-state index in [9.17, 15) is 0 Å². The summed E-state index contributed by atoms with van der Waals surface area (Å²) >= 11 is 1.89. The number of aryl methyl sites for hydroxylation is 2. The van der Waals surface area contributed by atoms with Gasteiger partial charge in [-0.15, -0.1) is 0 Å². The molecule has 0 aliphatic rings. The average molecular weight is 225 g/mol. The van der Waals surface area contributed by atoms with Gasteiger partial charge in [0.2, 0.25) is 5.95 Å². The number of nitrogens with zero attached hydrogens (tertiary/aromatic N) is 2. The Bertz CT molecular complexity index is 282. The highest BCUT2D eigenvalue weighted by atomic mass is 32.2. The summed E-state index contributed by atoms with van der Waals surface area (Å²) in [4.78, 5) is 8.65. The smallest absolute Gasteiger partial charge is 0.223 e.